The molecule has 72 valence electrons. The Labute approximate surface area is 85.6 Å². The lowest BCUT2D eigenvalue weighted by Crippen LogP contribution is -2.03. The zero-order valence-corrected chi connectivity index (χ0v) is 8.97. The van der Waals surface area contributed by atoms with E-state index >= 15 is 0 Å². The van der Waals surface area contributed by atoms with Crippen LogP contribution in [0.3, 0.4) is 0 Å². The average Bonchev–Trinajstić information content (AvgIpc) is 2.11. The van der Waals surface area contributed by atoms with Crippen molar-refractivity contribution >= 4 is 15.9 Å². The Hall–Kier alpha value is -0.740. The van der Waals surface area contributed by atoms with E-state index in [1.165, 1.54) is 7.11 Å². The van der Waals surface area contributed by atoms with Gasteiger partial charge in [0.15, 0.2) is 11.5 Å². The number of aromatic hydroxyl groups is 1. The second kappa shape index (κ2) is 4.48. The third kappa shape index (κ3) is 2.14. The third-order valence-electron chi connectivity index (χ3n) is 1.77. The zero-order valence-electron chi connectivity index (χ0n) is 7.38. The van der Waals surface area contributed by atoms with Crippen LogP contribution in [0.1, 0.15) is 5.56 Å². The second-order valence-electron chi connectivity index (χ2n) is 2.63. The van der Waals surface area contributed by atoms with Crippen LogP contribution in [-0.4, -0.2) is 18.8 Å². The zero-order chi connectivity index (χ0) is 9.84. The minimum absolute atomic E-state index is 0.134. The quantitative estimate of drug-likeness (QED) is 0.852. The molecule has 13 heavy (non-hydrogen) atoms. The summed E-state index contributed by atoms with van der Waals surface area (Å²) in [5.41, 5.74) is 6.47. The molecule has 0 heterocycles. The molecule has 3 nitrogen and oxygen atoms in total. The molecule has 0 saturated carbocycles. The lowest BCUT2D eigenvalue weighted by Gasteiger charge is -2.09. The van der Waals surface area contributed by atoms with Gasteiger partial charge in [0.05, 0.1) is 11.6 Å². The summed E-state index contributed by atoms with van der Waals surface area (Å²) < 4.78 is 5.80. The van der Waals surface area contributed by atoms with E-state index < -0.39 is 0 Å². The van der Waals surface area contributed by atoms with Gasteiger partial charge in [0.1, 0.15) is 0 Å². The molecule has 0 aliphatic rings. The van der Waals surface area contributed by atoms with Crippen LogP contribution in [-0.2, 0) is 6.42 Å². The van der Waals surface area contributed by atoms with E-state index in [0.29, 0.717) is 12.3 Å². The Bertz CT molecular complexity index is 302. The first-order valence-electron chi connectivity index (χ1n) is 3.95. The Balaban J connectivity index is 3.11. The number of ether oxygens (including phenoxy) is 1. The van der Waals surface area contributed by atoms with Crippen molar-refractivity contribution in [1.29, 1.82) is 0 Å². The molecule has 0 aromatic heterocycles. The fourth-order valence-corrected chi connectivity index (χ4v) is 1.82. The second-order valence-corrected chi connectivity index (χ2v) is 3.42. The Morgan fingerprint density at radius 1 is 1.54 bits per heavy atom. The summed E-state index contributed by atoms with van der Waals surface area (Å²) in [6, 6.07) is 3.43. The first-order valence-corrected chi connectivity index (χ1v) is 4.74. The van der Waals surface area contributed by atoms with Crippen LogP contribution in [0, 0.1) is 0 Å². The number of nitrogens with two attached hydrogens (primary N) is 1. The highest BCUT2D eigenvalue weighted by atomic mass is 79.9. The topological polar surface area (TPSA) is 55.5 Å². The normalized spacial score (nSPS) is 10.1. The number of rotatable bonds is 3. The van der Waals surface area contributed by atoms with Crippen LogP contribution in [0.5, 0.6) is 11.5 Å². The van der Waals surface area contributed by atoms with Gasteiger partial charge in [-0.1, -0.05) is 6.07 Å². The molecule has 0 unspecified atom stereocenters. The summed E-state index contributed by atoms with van der Waals surface area (Å²) in [5, 5.41) is 9.40. The molecule has 0 saturated heterocycles. The van der Waals surface area contributed by atoms with Crippen molar-refractivity contribution in [2.24, 2.45) is 5.73 Å². The highest BCUT2D eigenvalue weighted by molar-refractivity contribution is 9.10. The van der Waals surface area contributed by atoms with Gasteiger partial charge < -0.3 is 15.6 Å². The van der Waals surface area contributed by atoms with E-state index in [2.05, 4.69) is 15.9 Å². The van der Waals surface area contributed by atoms with Crippen LogP contribution in [0.4, 0.5) is 0 Å². The SMILES string of the molecule is COc1c(O)ccc(CCN)c1Br. The van der Waals surface area contributed by atoms with Gasteiger partial charge in [-0.25, -0.2) is 0 Å². The molecular formula is C9H12BrNO2. The Morgan fingerprint density at radius 3 is 2.77 bits per heavy atom. The van der Waals surface area contributed by atoms with E-state index in [1.807, 2.05) is 6.07 Å². The number of methoxy groups -OCH3 is 1. The summed E-state index contributed by atoms with van der Waals surface area (Å²) in [7, 11) is 1.52. The van der Waals surface area contributed by atoms with Crippen LogP contribution in [0.25, 0.3) is 0 Å². The van der Waals surface area contributed by atoms with Crippen molar-refractivity contribution < 1.29 is 9.84 Å². The molecule has 0 atom stereocenters. The maximum absolute atomic E-state index is 9.40. The van der Waals surface area contributed by atoms with Crippen molar-refractivity contribution in [3.63, 3.8) is 0 Å². The summed E-state index contributed by atoms with van der Waals surface area (Å²) >= 11 is 3.35. The summed E-state index contributed by atoms with van der Waals surface area (Å²) in [5.74, 6) is 0.598. The minimum Gasteiger partial charge on any atom is -0.504 e. The maximum atomic E-state index is 9.40. The van der Waals surface area contributed by atoms with Gasteiger partial charge >= 0.3 is 0 Å². The van der Waals surface area contributed by atoms with E-state index in [1.54, 1.807) is 6.07 Å². The summed E-state index contributed by atoms with van der Waals surface area (Å²) in [4.78, 5) is 0. The molecule has 4 heteroatoms. The molecule has 0 bridgehead atoms. The Morgan fingerprint density at radius 2 is 2.23 bits per heavy atom. The fraction of sp³-hybridized carbons (Fsp3) is 0.333. The molecule has 0 aliphatic heterocycles. The molecule has 1 rings (SSSR count). The van der Waals surface area contributed by atoms with Crippen LogP contribution >= 0.6 is 15.9 Å². The molecule has 3 N–H and O–H groups in total. The van der Waals surface area contributed by atoms with Gasteiger partial charge in [-0.15, -0.1) is 0 Å². The molecule has 0 radical (unpaired) electrons. The molecular weight excluding hydrogens is 234 g/mol. The van der Waals surface area contributed by atoms with Gasteiger partial charge in [-0.2, -0.15) is 0 Å². The van der Waals surface area contributed by atoms with Crippen molar-refractivity contribution in [3.8, 4) is 11.5 Å². The number of hydrogen-bond donors (Lipinski definition) is 2. The number of hydrogen-bond acceptors (Lipinski definition) is 3. The predicted molar refractivity (Wildman–Crippen MR) is 55.1 cm³/mol. The molecule has 0 fully saturated rings. The highest BCUT2D eigenvalue weighted by Gasteiger charge is 2.10. The molecule has 0 aliphatic carbocycles. The van der Waals surface area contributed by atoms with E-state index in [4.69, 9.17) is 10.5 Å². The fourth-order valence-electron chi connectivity index (χ4n) is 1.13. The average molecular weight is 246 g/mol. The summed E-state index contributed by atoms with van der Waals surface area (Å²) in [6.07, 6.45) is 0.761. The highest BCUT2D eigenvalue weighted by Crippen LogP contribution is 2.36. The van der Waals surface area contributed by atoms with Crippen LogP contribution in [0.2, 0.25) is 0 Å². The standard InChI is InChI=1S/C9H12BrNO2/c1-13-9-7(12)3-2-6(4-5-11)8(9)10/h2-3,12H,4-5,11H2,1H3. The van der Waals surface area contributed by atoms with Crippen molar-refractivity contribution in [2.75, 3.05) is 13.7 Å². The molecule has 1 aromatic carbocycles. The van der Waals surface area contributed by atoms with E-state index in [-0.39, 0.29) is 5.75 Å². The summed E-state index contributed by atoms with van der Waals surface area (Å²) in [6.45, 7) is 0.576. The molecule has 0 spiro atoms. The van der Waals surface area contributed by atoms with Crippen molar-refractivity contribution in [2.45, 2.75) is 6.42 Å². The van der Waals surface area contributed by atoms with Crippen molar-refractivity contribution in [3.05, 3.63) is 22.2 Å². The smallest absolute Gasteiger partial charge is 0.174 e. The van der Waals surface area contributed by atoms with Gasteiger partial charge in [-0.05, 0) is 40.5 Å². The minimum atomic E-state index is 0.134. The predicted octanol–water partition coefficient (Wildman–Crippen LogP) is 1.66. The third-order valence-corrected chi connectivity index (χ3v) is 2.64. The number of halogens is 1. The van der Waals surface area contributed by atoms with Crippen LogP contribution < -0.4 is 10.5 Å². The maximum Gasteiger partial charge on any atom is 0.174 e. The molecule has 1 aromatic rings. The van der Waals surface area contributed by atoms with Gasteiger partial charge in [0.25, 0.3) is 0 Å². The number of phenols is 1. The Kier molecular flexibility index (Phi) is 3.57. The first kappa shape index (κ1) is 10.3. The van der Waals surface area contributed by atoms with Gasteiger partial charge in [0.2, 0.25) is 0 Å². The number of benzene rings is 1. The van der Waals surface area contributed by atoms with E-state index in [9.17, 15) is 5.11 Å². The first-order chi connectivity index (χ1) is 6.20. The monoisotopic (exact) mass is 245 g/mol. The van der Waals surface area contributed by atoms with Crippen LogP contribution in [0.15, 0.2) is 16.6 Å². The van der Waals surface area contributed by atoms with Crippen molar-refractivity contribution in [1.82, 2.24) is 0 Å². The van der Waals surface area contributed by atoms with Gasteiger partial charge in [-0.3, -0.25) is 0 Å². The van der Waals surface area contributed by atoms with Gasteiger partial charge in [0, 0.05) is 0 Å². The lowest BCUT2D eigenvalue weighted by atomic mass is 10.1. The van der Waals surface area contributed by atoms with E-state index in [0.717, 1.165) is 16.5 Å². The number of phenolic OH excluding ortho intramolecular Hbond substituents is 1. The largest absolute Gasteiger partial charge is 0.504 e. The molecule has 0 amide bonds. The lowest BCUT2D eigenvalue weighted by molar-refractivity contribution is 0.370.